The van der Waals surface area contributed by atoms with Gasteiger partial charge in [-0.25, -0.2) is 4.79 Å². The molecular formula is C12H11N3O2. The summed E-state index contributed by atoms with van der Waals surface area (Å²) in [6.07, 6.45) is 3.16. The lowest BCUT2D eigenvalue weighted by Crippen LogP contribution is -2.05. The zero-order valence-electron chi connectivity index (χ0n) is 9.25. The van der Waals surface area contributed by atoms with Crippen molar-refractivity contribution in [3.63, 3.8) is 0 Å². The second-order valence-corrected chi connectivity index (χ2v) is 3.37. The normalized spacial score (nSPS) is 9.94. The highest BCUT2D eigenvalue weighted by Crippen LogP contribution is 2.21. The molecule has 0 unspecified atom stereocenters. The Morgan fingerprint density at radius 2 is 2.12 bits per heavy atom. The van der Waals surface area contributed by atoms with Crippen LogP contribution in [0.5, 0.6) is 0 Å². The van der Waals surface area contributed by atoms with Crippen LogP contribution in [-0.2, 0) is 4.74 Å². The molecule has 5 heteroatoms. The van der Waals surface area contributed by atoms with Crippen molar-refractivity contribution in [2.75, 3.05) is 12.8 Å². The van der Waals surface area contributed by atoms with Crippen LogP contribution in [-0.4, -0.2) is 23.0 Å². The zero-order chi connectivity index (χ0) is 12.3. The molecule has 2 rings (SSSR count). The fraction of sp³-hybridized carbons (Fsp3) is 0.0833. The summed E-state index contributed by atoms with van der Waals surface area (Å²) in [5, 5.41) is 0. The molecule has 2 aromatic rings. The molecule has 17 heavy (non-hydrogen) atoms. The largest absolute Gasteiger partial charge is 0.465 e. The second-order valence-electron chi connectivity index (χ2n) is 3.37. The van der Waals surface area contributed by atoms with E-state index in [-0.39, 0.29) is 0 Å². The number of esters is 1. The fourth-order valence-corrected chi connectivity index (χ4v) is 1.46. The van der Waals surface area contributed by atoms with Gasteiger partial charge in [-0.15, -0.1) is 0 Å². The molecule has 2 N–H and O–H groups in total. The van der Waals surface area contributed by atoms with Gasteiger partial charge in [0, 0.05) is 18.1 Å². The molecule has 0 fully saturated rings. The lowest BCUT2D eigenvalue weighted by molar-refractivity contribution is 0.0601. The van der Waals surface area contributed by atoms with E-state index >= 15 is 0 Å². The van der Waals surface area contributed by atoms with Crippen molar-refractivity contribution in [1.82, 2.24) is 9.97 Å². The summed E-state index contributed by atoms with van der Waals surface area (Å²) in [6.45, 7) is 0. The average molecular weight is 229 g/mol. The van der Waals surface area contributed by atoms with Crippen LogP contribution in [0.25, 0.3) is 11.4 Å². The Balaban J connectivity index is 2.55. The van der Waals surface area contributed by atoms with Crippen molar-refractivity contribution in [2.24, 2.45) is 0 Å². The van der Waals surface area contributed by atoms with Gasteiger partial charge >= 0.3 is 5.97 Å². The first-order valence-electron chi connectivity index (χ1n) is 4.97. The van der Waals surface area contributed by atoms with Crippen molar-refractivity contribution >= 4 is 11.7 Å². The van der Waals surface area contributed by atoms with Crippen molar-refractivity contribution in [1.29, 1.82) is 0 Å². The van der Waals surface area contributed by atoms with Gasteiger partial charge in [0.05, 0.1) is 18.4 Å². The van der Waals surface area contributed by atoms with Gasteiger partial charge in [-0.2, -0.15) is 0 Å². The number of rotatable bonds is 2. The van der Waals surface area contributed by atoms with Crippen molar-refractivity contribution in [3.05, 3.63) is 42.2 Å². The smallest absolute Gasteiger partial charge is 0.340 e. The molecule has 0 radical (unpaired) electrons. The van der Waals surface area contributed by atoms with Gasteiger partial charge in [0.1, 0.15) is 5.69 Å². The maximum atomic E-state index is 11.6. The maximum absolute atomic E-state index is 11.6. The third-order valence-corrected chi connectivity index (χ3v) is 2.24. The van der Waals surface area contributed by atoms with E-state index in [0.29, 0.717) is 22.6 Å². The molecule has 0 aliphatic rings. The number of carbonyl (C=O) groups excluding carboxylic acids is 1. The first kappa shape index (κ1) is 11.1. The SMILES string of the molecule is COC(=O)c1cccnc1-c1cc(N)ccn1. The molecule has 0 amide bonds. The lowest BCUT2D eigenvalue weighted by atomic mass is 10.1. The Morgan fingerprint density at radius 3 is 2.82 bits per heavy atom. The first-order chi connectivity index (χ1) is 8.22. The zero-order valence-corrected chi connectivity index (χ0v) is 9.25. The Labute approximate surface area is 98.3 Å². The van der Waals surface area contributed by atoms with E-state index < -0.39 is 5.97 Å². The van der Waals surface area contributed by atoms with Crippen molar-refractivity contribution < 1.29 is 9.53 Å². The number of hydrogen-bond acceptors (Lipinski definition) is 5. The lowest BCUT2D eigenvalue weighted by Gasteiger charge is -2.06. The Bertz CT molecular complexity index is 555. The van der Waals surface area contributed by atoms with Crippen LogP contribution in [0.15, 0.2) is 36.7 Å². The van der Waals surface area contributed by atoms with Gasteiger partial charge in [-0.3, -0.25) is 9.97 Å². The summed E-state index contributed by atoms with van der Waals surface area (Å²) in [4.78, 5) is 19.8. The number of nitrogens with zero attached hydrogens (tertiary/aromatic N) is 2. The molecule has 2 aromatic heterocycles. The van der Waals surface area contributed by atoms with E-state index in [2.05, 4.69) is 9.97 Å². The highest BCUT2D eigenvalue weighted by molar-refractivity contribution is 5.95. The van der Waals surface area contributed by atoms with Gasteiger partial charge in [-0.05, 0) is 24.3 Å². The van der Waals surface area contributed by atoms with E-state index in [0.717, 1.165) is 0 Å². The quantitative estimate of drug-likeness (QED) is 0.790. The molecule has 0 atom stereocenters. The van der Waals surface area contributed by atoms with E-state index in [9.17, 15) is 4.79 Å². The number of carbonyl (C=O) groups is 1. The Morgan fingerprint density at radius 1 is 1.29 bits per heavy atom. The number of ether oxygens (including phenoxy) is 1. The summed E-state index contributed by atoms with van der Waals surface area (Å²) in [6, 6.07) is 6.64. The van der Waals surface area contributed by atoms with Crippen LogP contribution in [0.2, 0.25) is 0 Å². The minimum atomic E-state index is -0.447. The van der Waals surface area contributed by atoms with E-state index in [4.69, 9.17) is 10.5 Å². The summed E-state index contributed by atoms with van der Waals surface area (Å²) < 4.78 is 4.69. The summed E-state index contributed by atoms with van der Waals surface area (Å²) >= 11 is 0. The Kier molecular flexibility index (Phi) is 3.00. The molecule has 0 bridgehead atoms. The van der Waals surface area contributed by atoms with Crippen LogP contribution in [0, 0.1) is 0 Å². The predicted molar refractivity (Wildman–Crippen MR) is 63.2 cm³/mol. The van der Waals surface area contributed by atoms with Gasteiger partial charge in [0.2, 0.25) is 0 Å². The minimum Gasteiger partial charge on any atom is -0.465 e. The van der Waals surface area contributed by atoms with Crippen LogP contribution < -0.4 is 5.73 Å². The molecule has 2 heterocycles. The Hall–Kier alpha value is -2.43. The maximum Gasteiger partial charge on any atom is 0.340 e. The van der Waals surface area contributed by atoms with Gasteiger partial charge in [0.15, 0.2) is 0 Å². The van der Waals surface area contributed by atoms with Crippen molar-refractivity contribution in [3.8, 4) is 11.4 Å². The summed E-state index contributed by atoms with van der Waals surface area (Å²) in [7, 11) is 1.33. The number of nitrogen functional groups attached to an aromatic ring is 1. The molecule has 0 spiro atoms. The third kappa shape index (κ3) is 2.23. The first-order valence-corrected chi connectivity index (χ1v) is 4.97. The van der Waals surface area contributed by atoms with Crippen LogP contribution in [0.3, 0.4) is 0 Å². The number of methoxy groups -OCH3 is 1. The van der Waals surface area contributed by atoms with E-state index in [1.165, 1.54) is 7.11 Å². The van der Waals surface area contributed by atoms with Crippen molar-refractivity contribution in [2.45, 2.75) is 0 Å². The molecule has 5 nitrogen and oxygen atoms in total. The molecular weight excluding hydrogens is 218 g/mol. The summed E-state index contributed by atoms with van der Waals surface area (Å²) in [5.74, 6) is -0.447. The number of anilines is 1. The highest BCUT2D eigenvalue weighted by atomic mass is 16.5. The van der Waals surface area contributed by atoms with E-state index in [1.54, 1.807) is 36.7 Å². The van der Waals surface area contributed by atoms with Crippen LogP contribution in [0.1, 0.15) is 10.4 Å². The van der Waals surface area contributed by atoms with E-state index in [1.807, 2.05) is 0 Å². The number of hydrogen-bond donors (Lipinski definition) is 1. The second kappa shape index (κ2) is 4.61. The number of aromatic nitrogens is 2. The van der Waals surface area contributed by atoms with Gasteiger partial charge in [-0.1, -0.05) is 0 Å². The van der Waals surface area contributed by atoms with Crippen LogP contribution in [0.4, 0.5) is 5.69 Å². The van der Waals surface area contributed by atoms with Gasteiger partial charge < -0.3 is 10.5 Å². The fourth-order valence-electron chi connectivity index (χ4n) is 1.46. The van der Waals surface area contributed by atoms with Crippen LogP contribution >= 0.6 is 0 Å². The molecule has 0 saturated heterocycles. The topological polar surface area (TPSA) is 78.1 Å². The average Bonchev–Trinajstić information content (AvgIpc) is 2.38. The number of pyridine rings is 2. The minimum absolute atomic E-state index is 0.369. The molecule has 0 aliphatic carbocycles. The molecule has 0 aliphatic heterocycles. The standard InChI is InChI=1S/C12H11N3O2/c1-17-12(16)9-3-2-5-15-11(9)10-7-8(13)4-6-14-10/h2-7H,1H3,(H2,13,14). The molecule has 86 valence electrons. The predicted octanol–water partition coefficient (Wildman–Crippen LogP) is 1.51. The summed E-state index contributed by atoms with van der Waals surface area (Å²) in [5.41, 5.74) is 7.62. The highest BCUT2D eigenvalue weighted by Gasteiger charge is 2.14. The number of nitrogens with two attached hydrogens (primary N) is 1. The third-order valence-electron chi connectivity index (χ3n) is 2.24. The monoisotopic (exact) mass is 229 g/mol. The molecule has 0 aromatic carbocycles. The van der Waals surface area contributed by atoms with Gasteiger partial charge in [0.25, 0.3) is 0 Å². The molecule has 0 saturated carbocycles.